The number of nitrogens with one attached hydrogen (secondary N) is 2. The number of imide groups is 1. The molecule has 1 rings (SSSR count). The normalized spacial score (nSPS) is 12.3. The minimum Gasteiger partial charge on any atom is -0.481 e. The summed E-state index contributed by atoms with van der Waals surface area (Å²) in [5.74, 6) is -0.336. The van der Waals surface area contributed by atoms with Crippen LogP contribution in [0.4, 0.5) is 4.79 Å². The summed E-state index contributed by atoms with van der Waals surface area (Å²) >= 11 is 0. The number of hydrogen-bond acceptors (Lipinski definition) is 5. The van der Waals surface area contributed by atoms with Crippen LogP contribution in [0.2, 0.25) is 0 Å². The Bertz CT molecular complexity index is 612. The molecule has 0 saturated heterocycles. The van der Waals surface area contributed by atoms with Gasteiger partial charge in [-0.1, -0.05) is 0 Å². The summed E-state index contributed by atoms with van der Waals surface area (Å²) in [5, 5.41) is 9.48. The van der Waals surface area contributed by atoms with Crippen molar-refractivity contribution >= 4 is 22.0 Å². The molecule has 1 unspecified atom stereocenters. The van der Waals surface area contributed by atoms with Gasteiger partial charge in [0.1, 0.15) is 5.75 Å². The molecule has 0 aromatic heterocycles. The van der Waals surface area contributed by atoms with Gasteiger partial charge in [0.15, 0.2) is 6.10 Å². The van der Waals surface area contributed by atoms with Gasteiger partial charge in [0.25, 0.3) is 5.91 Å². The Morgan fingerprint density at radius 2 is 1.86 bits per heavy atom. The molecule has 0 radical (unpaired) electrons. The van der Waals surface area contributed by atoms with Crippen molar-refractivity contribution in [3.8, 4) is 5.75 Å². The van der Waals surface area contributed by atoms with Crippen molar-refractivity contribution in [3.05, 3.63) is 24.3 Å². The quantitative estimate of drug-likeness (QED) is 0.701. The maximum atomic E-state index is 11.6. The van der Waals surface area contributed by atoms with Crippen LogP contribution in [0.1, 0.15) is 13.8 Å². The second kappa shape index (κ2) is 7.04. The molecule has 116 valence electrons. The van der Waals surface area contributed by atoms with Crippen molar-refractivity contribution < 1.29 is 22.7 Å². The van der Waals surface area contributed by atoms with E-state index in [4.69, 9.17) is 9.88 Å². The molecule has 1 atom stereocenters. The van der Waals surface area contributed by atoms with Crippen LogP contribution in [-0.2, 0) is 14.8 Å². The topological polar surface area (TPSA) is 128 Å². The highest BCUT2D eigenvalue weighted by molar-refractivity contribution is 7.89. The van der Waals surface area contributed by atoms with E-state index >= 15 is 0 Å². The number of carbonyl (C=O) groups is 2. The molecule has 21 heavy (non-hydrogen) atoms. The van der Waals surface area contributed by atoms with Gasteiger partial charge in [-0.2, -0.15) is 0 Å². The zero-order valence-electron chi connectivity index (χ0n) is 11.6. The van der Waals surface area contributed by atoms with E-state index in [9.17, 15) is 18.0 Å². The first kappa shape index (κ1) is 16.9. The highest BCUT2D eigenvalue weighted by atomic mass is 32.2. The second-order valence-electron chi connectivity index (χ2n) is 4.13. The standard InChI is InChI=1S/C12H17N3O5S/c1-3-14-12(17)15-11(16)8(2)20-9-4-6-10(7-5-9)21(13,18)19/h4-8H,3H2,1-2H3,(H2,13,18,19)(H2,14,15,16,17). The van der Waals surface area contributed by atoms with Crippen molar-refractivity contribution in [2.24, 2.45) is 5.14 Å². The predicted molar refractivity (Wildman–Crippen MR) is 75.1 cm³/mol. The largest absolute Gasteiger partial charge is 0.481 e. The minimum atomic E-state index is -3.77. The third-order valence-corrected chi connectivity index (χ3v) is 3.34. The summed E-state index contributed by atoms with van der Waals surface area (Å²) < 4.78 is 27.5. The van der Waals surface area contributed by atoms with Crippen LogP contribution in [-0.4, -0.2) is 33.0 Å². The van der Waals surface area contributed by atoms with E-state index in [0.717, 1.165) is 0 Å². The molecule has 4 N–H and O–H groups in total. The molecule has 9 heteroatoms. The molecule has 0 fully saturated rings. The molecule has 0 bridgehead atoms. The third kappa shape index (κ3) is 5.40. The van der Waals surface area contributed by atoms with E-state index in [1.807, 2.05) is 0 Å². The lowest BCUT2D eigenvalue weighted by Crippen LogP contribution is -2.45. The summed E-state index contributed by atoms with van der Waals surface area (Å²) in [6.07, 6.45) is -0.923. The van der Waals surface area contributed by atoms with Crippen LogP contribution < -0.4 is 20.5 Å². The SMILES string of the molecule is CCNC(=O)NC(=O)C(C)Oc1ccc(S(N)(=O)=O)cc1. The lowest BCUT2D eigenvalue weighted by molar-refractivity contribution is -0.126. The molecule has 1 aromatic carbocycles. The zero-order chi connectivity index (χ0) is 16.0. The number of hydrogen-bond donors (Lipinski definition) is 3. The van der Waals surface area contributed by atoms with Gasteiger partial charge in [0.05, 0.1) is 4.90 Å². The highest BCUT2D eigenvalue weighted by Crippen LogP contribution is 2.16. The maximum Gasteiger partial charge on any atom is 0.321 e. The van der Waals surface area contributed by atoms with Crippen LogP contribution in [0.3, 0.4) is 0 Å². The fourth-order valence-electron chi connectivity index (χ4n) is 1.38. The first-order chi connectivity index (χ1) is 9.74. The summed E-state index contributed by atoms with van der Waals surface area (Å²) in [6, 6.07) is 4.66. The molecule has 1 aromatic rings. The molecule has 0 aliphatic heterocycles. The fourth-order valence-corrected chi connectivity index (χ4v) is 1.90. The van der Waals surface area contributed by atoms with E-state index in [-0.39, 0.29) is 10.6 Å². The van der Waals surface area contributed by atoms with Gasteiger partial charge in [-0.15, -0.1) is 0 Å². The average molecular weight is 315 g/mol. The number of nitrogens with two attached hydrogens (primary N) is 1. The van der Waals surface area contributed by atoms with Crippen molar-refractivity contribution in [2.45, 2.75) is 24.8 Å². The van der Waals surface area contributed by atoms with Crippen LogP contribution in [0.5, 0.6) is 5.75 Å². The smallest absolute Gasteiger partial charge is 0.321 e. The third-order valence-electron chi connectivity index (χ3n) is 2.41. The van der Waals surface area contributed by atoms with Crippen LogP contribution in [0.15, 0.2) is 29.2 Å². The number of primary sulfonamides is 1. The van der Waals surface area contributed by atoms with Gasteiger partial charge in [-0.05, 0) is 38.1 Å². The van der Waals surface area contributed by atoms with Crippen LogP contribution in [0.25, 0.3) is 0 Å². The first-order valence-corrected chi connectivity index (χ1v) is 7.67. The molecule has 0 heterocycles. The molecule has 0 saturated carbocycles. The van der Waals surface area contributed by atoms with E-state index in [0.29, 0.717) is 6.54 Å². The zero-order valence-corrected chi connectivity index (χ0v) is 12.4. The van der Waals surface area contributed by atoms with Crippen LogP contribution >= 0.6 is 0 Å². The summed E-state index contributed by atoms with van der Waals surface area (Å²) in [4.78, 5) is 22.8. The Morgan fingerprint density at radius 1 is 1.29 bits per heavy atom. The average Bonchev–Trinajstić information content (AvgIpc) is 2.38. The van der Waals surface area contributed by atoms with Gasteiger partial charge >= 0.3 is 6.03 Å². The van der Waals surface area contributed by atoms with Crippen molar-refractivity contribution in [2.75, 3.05) is 6.54 Å². The van der Waals surface area contributed by atoms with E-state index in [1.165, 1.54) is 31.2 Å². The number of rotatable bonds is 5. The van der Waals surface area contributed by atoms with E-state index in [1.54, 1.807) is 6.92 Å². The number of carbonyl (C=O) groups excluding carboxylic acids is 2. The van der Waals surface area contributed by atoms with E-state index < -0.39 is 28.1 Å². The van der Waals surface area contributed by atoms with Crippen molar-refractivity contribution in [1.82, 2.24) is 10.6 Å². The number of ether oxygens (including phenoxy) is 1. The number of sulfonamides is 1. The van der Waals surface area contributed by atoms with Crippen molar-refractivity contribution in [1.29, 1.82) is 0 Å². The molecule has 0 aliphatic rings. The molecular weight excluding hydrogens is 298 g/mol. The van der Waals surface area contributed by atoms with E-state index in [2.05, 4.69) is 10.6 Å². The predicted octanol–water partition coefficient (Wildman–Crippen LogP) is -0.0530. The van der Waals surface area contributed by atoms with Gasteiger partial charge < -0.3 is 10.1 Å². The van der Waals surface area contributed by atoms with Crippen LogP contribution in [0, 0.1) is 0 Å². The Hall–Kier alpha value is -2.13. The Kier molecular flexibility index (Phi) is 5.68. The summed E-state index contributed by atoms with van der Waals surface area (Å²) in [5.41, 5.74) is 0. The minimum absolute atomic E-state index is 0.0609. The molecule has 0 aliphatic carbocycles. The Morgan fingerprint density at radius 3 is 2.33 bits per heavy atom. The summed E-state index contributed by atoms with van der Waals surface area (Å²) in [7, 11) is -3.77. The van der Waals surface area contributed by atoms with Gasteiger partial charge in [-0.3, -0.25) is 10.1 Å². The fraction of sp³-hybridized carbons (Fsp3) is 0.333. The molecular formula is C12H17N3O5S. The number of benzene rings is 1. The highest BCUT2D eigenvalue weighted by Gasteiger charge is 2.17. The molecule has 0 spiro atoms. The monoisotopic (exact) mass is 315 g/mol. The second-order valence-corrected chi connectivity index (χ2v) is 5.69. The Labute approximate surface area is 122 Å². The van der Waals surface area contributed by atoms with Gasteiger partial charge in [-0.25, -0.2) is 18.4 Å². The first-order valence-electron chi connectivity index (χ1n) is 6.12. The maximum absolute atomic E-state index is 11.6. The Balaban J connectivity index is 2.64. The lowest BCUT2D eigenvalue weighted by atomic mass is 10.3. The number of amides is 3. The van der Waals surface area contributed by atoms with Crippen molar-refractivity contribution in [3.63, 3.8) is 0 Å². The lowest BCUT2D eigenvalue weighted by Gasteiger charge is -2.14. The van der Waals surface area contributed by atoms with Gasteiger partial charge in [0, 0.05) is 6.54 Å². The molecule has 3 amide bonds. The van der Waals surface area contributed by atoms with Gasteiger partial charge in [0.2, 0.25) is 10.0 Å². The number of urea groups is 1. The molecule has 8 nitrogen and oxygen atoms in total. The summed E-state index contributed by atoms with van der Waals surface area (Å²) in [6.45, 7) is 3.57.